The summed E-state index contributed by atoms with van der Waals surface area (Å²) in [6.45, 7) is 5.45. The molecule has 10 heteroatoms. The van der Waals surface area contributed by atoms with Gasteiger partial charge in [-0.15, -0.1) is 5.10 Å². The molecule has 0 amide bonds. The van der Waals surface area contributed by atoms with Crippen molar-refractivity contribution < 1.29 is 13.5 Å². The van der Waals surface area contributed by atoms with Gasteiger partial charge in [0.05, 0.1) is 18.9 Å². The highest BCUT2D eigenvalue weighted by atomic mass is 35.5. The second kappa shape index (κ2) is 8.41. The Morgan fingerprint density at radius 1 is 1.00 bits per heavy atom. The van der Waals surface area contributed by atoms with E-state index in [1.54, 1.807) is 6.07 Å². The highest BCUT2D eigenvalue weighted by Gasteiger charge is 2.32. The van der Waals surface area contributed by atoms with Gasteiger partial charge in [0.25, 0.3) is 0 Å². The van der Waals surface area contributed by atoms with Crippen molar-refractivity contribution in [2.45, 2.75) is 6.04 Å². The van der Waals surface area contributed by atoms with E-state index in [4.69, 9.17) is 16.3 Å². The van der Waals surface area contributed by atoms with Crippen LogP contribution in [0, 0.1) is 11.6 Å². The zero-order chi connectivity index (χ0) is 21.4. The molecule has 162 valence electrons. The molecule has 2 aromatic carbocycles. The molecular weight excluding hydrogens is 426 g/mol. The maximum absolute atomic E-state index is 13.5. The predicted octanol–water partition coefficient (Wildman–Crippen LogP) is 3.46. The molecule has 31 heavy (non-hydrogen) atoms. The topological polar surface area (TPSA) is 58.5 Å². The fourth-order valence-electron chi connectivity index (χ4n) is 3.87. The van der Waals surface area contributed by atoms with Crippen LogP contribution in [0.15, 0.2) is 42.7 Å². The van der Waals surface area contributed by atoms with Gasteiger partial charge in [-0.25, -0.2) is 13.5 Å². The fourth-order valence-corrected chi connectivity index (χ4v) is 4.10. The maximum Gasteiger partial charge on any atom is 0.246 e. The molecule has 3 heterocycles. The van der Waals surface area contributed by atoms with E-state index in [2.05, 4.69) is 25.2 Å². The van der Waals surface area contributed by atoms with Crippen molar-refractivity contribution >= 4 is 28.9 Å². The summed E-state index contributed by atoms with van der Waals surface area (Å²) in [5.41, 5.74) is 2.15. The molecular formula is C21H21ClF2N6O. The lowest BCUT2D eigenvalue weighted by atomic mass is 10.0. The number of aromatic nitrogens is 3. The van der Waals surface area contributed by atoms with Crippen molar-refractivity contribution in [1.82, 2.24) is 19.7 Å². The Hall–Kier alpha value is -2.75. The minimum Gasteiger partial charge on any atom is -0.379 e. The average molecular weight is 447 g/mol. The first-order chi connectivity index (χ1) is 15.0. The molecule has 1 aromatic heterocycles. The zero-order valence-electron chi connectivity index (χ0n) is 16.6. The number of hydrogen-bond acceptors (Lipinski definition) is 6. The summed E-state index contributed by atoms with van der Waals surface area (Å²) in [7, 11) is 0. The molecule has 0 unspecified atom stereocenters. The van der Waals surface area contributed by atoms with Gasteiger partial charge >= 0.3 is 0 Å². The Labute approximate surface area is 183 Å². The molecule has 2 aliphatic rings. The van der Waals surface area contributed by atoms with E-state index < -0.39 is 11.6 Å². The van der Waals surface area contributed by atoms with Crippen LogP contribution in [-0.2, 0) is 4.74 Å². The first-order valence-corrected chi connectivity index (χ1v) is 10.4. The van der Waals surface area contributed by atoms with Crippen LogP contribution in [0.2, 0.25) is 5.02 Å². The molecule has 0 bridgehead atoms. The van der Waals surface area contributed by atoms with Crippen LogP contribution in [0.4, 0.5) is 26.1 Å². The summed E-state index contributed by atoms with van der Waals surface area (Å²) in [5, 5.41) is 8.02. The second-order valence-corrected chi connectivity index (χ2v) is 8.08. The van der Waals surface area contributed by atoms with Gasteiger partial charge in [0.1, 0.15) is 6.33 Å². The molecule has 2 saturated heterocycles. The van der Waals surface area contributed by atoms with Crippen molar-refractivity contribution in [2.24, 2.45) is 0 Å². The van der Waals surface area contributed by atoms with E-state index in [1.165, 1.54) is 17.1 Å². The average Bonchev–Trinajstić information content (AvgIpc) is 3.18. The molecule has 0 spiro atoms. The molecule has 0 saturated carbocycles. The van der Waals surface area contributed by atoms with Gasteiger partial charge in [0.15, 0.2) is 11.6 Å². The highest BCUT2D eigenvalue weighted by Crippen LogP contribution is 2.31. The molecule has 0 aliphatic carbocycles. The molecule has 1 N–H and O–H groups in total. The first-order valence-electron chi connectivity index (χ1n) is 10.1. The monoisotopic (exact) mass is 446 g/mol. The SMILES string of the molecule is Fc1ccc(-n2cnc(Nc3cc(Cl)cc(N4CC(N5CCOCC5)C4)c3)n2)cc1F. The lowest BCUT2D eigenvalue weighted by molar-refractivity contribution is 0.0105. The van der Waals surface area contributed by atoms with Crippen LogP contribution in [0.5, 0.6) is 0 Å². The van der Waals surface area contributed by atoms with E-state index in [0.29, 0.717) is 22.7 Å². The Bertz CT molecular complexity index is 1080. The quantitative estimate of drug-likeness (QED) is 0.647. The summed E-state index contributed by atoms with van der Waals surface area (Å²) in [6, 6.07) is 9.83. The van der Waals surface area contributed by atoms with Crippen molar-refractivity contribution in [1.29, 1.82) is 0 Å². The molecule has 2 fully saturated rings. The number of anilines is 3. The predicted molar refractivity (Wildman–Crippen MR) is 114 cm³/mol. The third-order valence-electron chi connectivity index (χ3n) is 5.59. The molecule has 3 aromatic rings. The summed E-state index contributed by atoms with van der Waals surface area (Å²) in [6.07, 6.45) is 1.43. The van der Waals surface area contributed by atoms with E-state index in [-0.39, 0.29) is 0 Å². The van der Waals surface area contributed by atoms with Crippen molar-refractivity contribution in [3.63, 3.8) is 0 Å². The van der Waals surface area contributed by atoms with Crippen LogP contribution in [0.25, 0.3) is 5.69 Å². The van der Waals surface area contributed by atoms with Crippen LogP contribution >= 0.6 is 11.6 Å². The normalized spacial score (nSPS) is 17.6. The van der Waals surface area contributed by atoms with Gasteiger partial charge in [0.2, 0.25) is 5.95 Å². The number of hydrogen-bond donors (Lipinski definition) is 1. The van der Waals surface area contributed by atoms with E-state index in [1.807, 2.05) is 12.1 Å². The fraction of sp³-hybridized carbons (Fsp3) is 0.333. The largest absolute Gasteiger partial charge is 0.379 e. The van der Waals surface area contributed by atoms with Gasteiger partial charge in [-0.1, -0.05) is 11.6 Å². The van der Waals surface area contributed by atoms with Crippen molar-refractivity contribution in [2.75, 3.05) is 49.6 Å². The standard InChI is InChI=1S/C21H21ClF2N6O/c22-14-7-15(9-17(8-14)29-11-18(12-29)28-3-5-31-6-4-28)26-21-25-13-30(27-21)16-1-2-19(23)20(24)10-16/h1-2,7-10,13,18H,3-6,11-12H2,(H,26,27). The van der Waals surface area contributed by atoms with Crippen LogP contribution < -0.4 is 10.2 Å². The van der Waals surface area contributed by atoms with Crippen LogP contribution in [0.3, 0.4) is 0 Å². The highest BCUT2D eigenvalue weighted by molar-refractivity contribution is 6.31. The Kier molecular flexibility index (Phi) is 5.47. The van der Waals surface area contributed by atoms with E-state index in [9.17, 15) is 8.78 Å². The number of morpholine rings is 1. The van der Waals surface area contributed by atoms with E-state index in [0.717, 1.165) is 62.9 Å². The summed E-state index contributed by atoms with van der Waals surface area (Å²) in [4.78, 5) is 8.95. The molecule has 0 radical (unpaired) electrons. The van der Waals surface area contributed by atoms with E-state index >= 15 is 0 Å². The number of nitrogens with zero attached hydrogens (tertiary/aromatic N) is 5. The first kappa shape index (κ1) is 20.2. The van der Waals surface area contributed by atoms with Gasteiger partial charge in [-0.05, 0) is 30.3 Å². The number of halogens is 3. The third-order valence-corrected chi connectivity index (χ3v) is 5.81. The number of ether oxygens (including phenoxy) is 1. The number of benzene rings is 2. The number of nitrogens with one attached hydrogen (secondary N) is 1. The Balaban J connectivity index is 1.27. The second-order valence-electron chi connectivity index (χ2n) is 7.64. The minimum atomic E-state index is -0.938. The van der Waals surface area contributed by atoms with Crippen molar-refractivity contribution in [3.05, 3.63) is 59.4 Å². The molecule has 0 atom stereocenters. The van der Waals surface area contributed by atoms with Crippen molar-refractivity contribution in [3.8, 4) is 5.69 Å². The molecule has 7 nitrogen and oxygen atoms in total. The van der Waals surface area contributed by atoms with Gasteiger partial charge in [-0.3, -0.25) is 4.90 Å². The minimum absolute atomic E-state index is 0.327. The van der Waals surface area contributed by atoms with Crippen LogP contribution in [-0.4, -0.2) is 65.1 Å². The third kappa shape index (κ3) is 4.34. The molecule has 5 rings (SSSR count). The van der Waals surface area contributed by atoms with Gasteiger partial charge in [0, 0.05) is 54.7 Å². The molecule has 2 aliphatic heterocycles. The maximum atomic E-state index is 13.5. The lowest BCUT2D eigenvalue weighted by Crippen LogP contribution is -2.61. The number of rotatable bonds is 5. The Morgan fingerprint density at radius 2 is 1.81 bits per heavy atom. The summed E-state index contributed by atoms with van der Waals surface area (Å²) < 4.78 is 33.4. The lowest BCUT2D eigenvalue weighted by Gasteiger charge is -2.47. The smallest absolute Gasteiger partial charge is 0.246 e. The van der Waals surface area contributed by atoms with Gasteiger partial charge < -0.3 is 15.0 Å². The zero-order valence-corrected chi connectivity index (χ0v) is 17.4. The summed E-state index contributed by atoms with van der Waals surface area (Å²) in [5.74, 6) is -1.52. The summed E-state index contributed by atoms with van der Waals surface area (Å²) >= 11 is 6.34. The van der Waals surface area contributed by atoms with Gasteiger partial charge in [-0.2, -0.15) is 4.98 Å². The Morgan fingerprint density at radius 3 is 2.58 bits per heavy atom. The van der Waals surface area contributed by atoms with Crippen LogP contribution in [0.1, 0.15) is 0 Å².